The SMILES string of the molecule is c1ccc(-c2nc(-c3ccc(-c4cccc5c4oc4cc(-c6cccc7c6N(c6ccccc6)c6cccc8c6B7c6ccccc6N8c6ccccc6)c6ccccc6c45)cc3)nc(-c3cccc4c3N(c3cccc(-c5cc6c(c(-c7ncccn7)c5)N(c5ccccc5)c5cccc7c5B6c5ccccc5N7c5ccccc5)c3)c3cccc5c3B4c3ccccc3N5c3ccccc3)n2)cc1. The predicted molar refractivity (Wildman–Crippen MR) is 580 cm³/mol. The topological polar surface area (TPSA) is 97.0 Å². The number of benzene rings is 20. The van der Waals surface area contributed by atoms with Gasteiger partial charge in [0.2, 0.25) is 0 Å². The van der Waals surface area contributed by atoms with Crippen molar-refractivity contribution in [1.29, 1.82) is 0 Å². The molecule has 12 nitrogen and oxygen atoms in total. The second-order valence-electron chi connectivity index (χ2n) is 36.7. The van der Waals surface area contributed by atoms with Crippen molar-refractivity contribution in [3.63, 3.8) is 0 Å². The van der Waals surface area contributed by atoms with Crippen LogP contribution in [0.15, 0.2) is 478 Å². The van der Waals surface area contributed by atoms with E-state index in [0.29, 0.717) is 23.3 Å². The van der Waals surface area contributed by atoms with Crippen LogP contribution < -0.4 is 78.6 Å². The molecule has 0 unspecified atom stereocenters. The number of hydrogen-bond donors (Lipinski definition) is 0. The summed E-state index contributed by atoms with van der Waals surface area (Å²) < 4.78 is 7.48. The Hall–Kier alpha value is -18.5. The summed E-state index contributed by atoms with van der Waals surface area (Å²) in [7, 11) is 0. The van der Waals surface area contributed by atoms with Crippen LogP contribution in [-0.2, 0) is 0 Å². The number of nitrogens with zero attached hydrogens (tertiary/aromatic N) is 11. The lowest BCUT2D eigenvalue weighted by Crippen LogP contribution is -2.61. The van der Waals surface area contributed by atoms with Gasteiger partial charge >= 0.3 is 0 Å². The molecule has 23 aromatic rings. The van der Waals surface area contributed by atoms with Gasteiger partial charge in [-0.1, -0.05) is 309 Å². The van der Waals surface area contributed by atoms with Crippen LogP contribution in [0.25, 0.3) is 112 Å². The zero-order chi connectivity index (χ0) is 91.7. The highest BCUT2D eigenvalue weighted by Gasteiger charge is 2.49. The minimum atomic E-state index is -0.219. The van der Waals surface area contributed by atoms with E-state index in [1.54, 1.807) is 0 Å². The van der Waals surface area contributed by atoms with Crippen LogP contribution in [0.4, 0.5) is 102 Å². The normalized spacial score (nSPS) is 13.2. The lowest BCUT2D eigenvalue weighted by atomic mass is 9.33. The fourth-order valence-electron chi connectivity index (χ4n) is 23.7. The van der Waals surface area contributed by atoms with Crippen molar-refractivity contribution in [2.24, 2.45) is 0 Å². The quantitative estimate of drug-likeness (QED) is 0.103. The summed E-state index contributed by atoms with van der Waals surface area (Å²) >= 11 is 0. The molecule has 3 aromatic heterocycles. The Kier molecular flexibility index (Phi) is 17.8. The van der Waals surface area contributed by atoms with Crippen LogP contribution in [0.5, 0.6) is 0 Å². The van der Waals surface area contributed by atoms with Gasteiger partial charge in [-0.05, 0) is 234 Å². The van der Waals surface area contributed by atoms with Gasteiger partial charge in [0.1, 0.15) is 11.2 Å². The van der Waals surface area contributed by atoms with Crippen molar-refractivity contribution in [3.8, 4) is 78.9 Å². The maximum absolute atomic E-state index is 7.48. The van der Waals surface area contributed by atoms with Crippen LogP contribution in [-0.4, -0.2) is 45.1 Å². The highest BCUT2D eigenvalue weighted by molar-refractivity contribution is 7.02. The Morgan fingerprint density at radius 1 is 0.193 bits per heavy atom. The molecular formula is C125H78B3N11O. The molecule has 0 saturated carbocycles. The molecule has 140 heavy (non-hydrogen) atoms. The van der Waals surface area contributed by atoms with E-state index in [1.165, 1.54) is 49.6 Å². The first-order valence-electron chi connectivity index (χ1n) is 47.9. The van der Waals surface area contributed by atoms with Crippen molar-refractivity contribution < 1.29 is 4.42 Å². The van der Waals surface area contributed by atoms with Crippen LogP contribution in [0.2, 0.25) is 0 Å². The van der Waals surface area contributed by atoms with E-state index < -0.39 is 0 Å². The maximum Gasteiger partial charge on any atom is 0.252 e. The lowest BCUT2D eigenvalue weighted by Gasteiger charge is -2.45. The van der Waals surface area contributed by atoms with Gasteiger partial charge in [-0.2, -0.15) is 0 Å². The molecule has 0 fully saturated rings. The number of fused-ring (bicyclic) bond motifs is 17. The Bertz CT molecular complexity index is 9020. The Balaban J connectivity index is 0.587. The number of rotatable bonds is 13. The number of furan rings is 1. The molecule has 0 N–H and O–H groups in total. The number of anilines is 18. The van der Waals surface area contributed by atoms with Gasteiger partial charge in [0.05, 0.1) is 11.4 Å². The smallest absolute Gasteiger partial charge is 0.252 e. The Labute approximate surface area is 809 Å². The van der Waals surface area contributed by atoms with Gasteiger partial charge in [-0.15, -0.1) is 0 Å². The summed E-state index contributed by atoms with van der Waals surface area (Å²) in [5, 5.41) is 4.37. The third kappa shape index (κ3) is 12.0. The third-order valence-corrected chi connectivity index (χ3v) is 29.3. The molecule has 0 aliphatic carbocycles. The van der Waals surface area contributed by atoms with E-state index in [9.17, 15) is 0 Å². The van der Waals surface area contributed by atoms with Crippen LogP contribution in [0.3, 0.4) is 0 Å². The molecule has 9 heterocycles. The standard InChI is InChI=1S/C125H78B3N11O/c1-7-35-80(36-8-1)122-131-123(81-71-69-79(70-72-81)90-51-28-53-94-114-92-50-20-19-49-91(92)96(78-113(114)140-121(90)94)93-52-29-58-101-118(93)137(87-44-15-5-16-45-87)110-66-31-63-107-115(110)126(101)98-55-21-24-60-104(98)134(107)84-38-9-2-10-39-84)133-125(132-122)95-54-30-59-102-119(95)139(112-68-33-64-108-116(112)127(102)99-56-22-25-61-105(99)135(108)85-40-11-3-12-41-85)89-48-27-37-82(75-89)83-76-97(124-129-73-34-74-130-124)120-103(77-83)128-100-57-23-26-62-106(100)136(86-42-13-4-14-43-86)109-65-32-67-111(117(109)128)138(120)88-46-17-6-18-47-88/h1-78H. The summed E-state index contributed by atoms with van der Waals surface area (Å²) in [5.74, 6) is 2.24. The zero-order valence-electron chi connectivity index (χ0n) is 75.6. The molecular weight excluding hydrogens is 1700 g/mol. The van der Waals surface area contributed by atoms with Gasteiger partial charge in [0.25, 0.3) is 20.1 Å². The van der Waals surface area contributed by atoms with Crippen molar-refractivity contribution >= 4 is 204 Å². The van der Waals surface area contributed by atoms with Crippen molar-refractivity contribution in [1.82, 2.24) is 24.9 Å². The van der Waals surface area contributed by atoms with E-state index >= 15 is 0 Å². The lowest BCUT2D eigenvalue weighted by molar-refractivity contribution is 0.670. The average Bonchev–Trinajstić information content (AvgIpc) is 0.893. The van der Waals surface area contributed by atoms with E-state index in [-0.39, 0.29) is 20.1 Å². The number of aromatic nitrogens is 5. The van der Waals surface area contributed by atoms with E-state index in [2.05, 4.69) is 478 Å². The first-order valence-corrected chi connectivity index (χ1v) is 47.9. The highest BCUT2D eigenvalue weighted by atomic mass is 16.3. The van der Waals surface area contributed by atoms with Crippen molar-refractivity contribution in [3.05, 3.63) is 473 Å². The summed E-state index contributed by atoms with van der Waals surface area (Å²) in [6, 6.07) is 168. The molecule has 0 spiro atoms. The fourth-order valence-corrected chi connectivity index (χ4v) is 23.7. The molecule has 0 saturated heterocycles. The third-order valence-electron chi connectivity index (χ3n) is 29.3. The average molecular weight is 1780 g/mol. The maximum atomic E-state index is 7.48. The molecule has 6 aliphatic rings. The van der Waals surface area contributed by atoms with Crippen molar-refractivity contribution in [2.75, 3.05) is 29.4 Å². The molecule has 0 radical (unpaired) electrons. The van der Waals surface area contributed by atoms with Gasteiger partial charge in [-0.25, -0.2) is 24.9 Å². The number of hydrogen-bond acceptors (Lipinski definition) is 12. The monoisotopic (exact) mass is 1780 g/mol. The Morgan fingerprint density at radius 2 is 0.543 bits per heavy atom. The van der Waals surface area contributed by atoms with Gasteiger partial charge < -0.3 is 33.8 Å². The second kappa shape index (κ2) is 31.6. The Morgan fingerprint density at radius 3 is 1.06 bits per heavy atom. The molecule has 29 rings (SSSR count). The van der Waals surface area contributed by atoms with Crippen LogP contribution in [0, 0.1) is 0 Å². The first kappa shape index (κ1) is 79.0. The van der Waals surface area contributed by atoms with Gasteiger partial charge in [0.15, 0.2) is 23.3 Å². The molecule has 15 heteroatoms. The molecule has 6 aliphatic heterocycles. The molecule has 648 valence electrons. The molecule has 20 aromatic carbocycles. The van der Waals surface area contributed by atoms with E-state index in [0.717, 1.165) is 190 Å². The fraction of sp³-hybridized carbons (Fsp3) is 0. The molecule has 0 bridgehead atoms. The highest BCUT2D eigenvalue weighted by Crippen LogP contribution is 2.55. The summed E-state index contributed by atoms with van der Waals surface area (Å²) in [6.07, 6.45) is 3.72. The van der Waals surface area contributed by atoms with Crippen LogP contribution in [0.1, 0.15) is 0 Å². The van der Waals surface area contributed by atoms with E-state index in [1.807, 2.05) is 24.5 Å². The predicted octanol–water partition coefficient (Wildman–Crippen LogP) is 25.6. The van der Waals surface area contributed by atoms with Gasteiger partial charge in [0, 0.05) is 148 Å². The zero-order valence-corrected chi connectivity index (χ0v) is 75.6. The summed E-state index contributed by atoms with van der Waals surface area (Å²) in [4.78, 5) is 42.1. The van der Waals surface area contributed by atoms with Gasteiger partial charge in [-0.3, -0.25) is 0 Å². The van der Waals surface area contributed by atoms with Crippen molar-refractivity contribution in [2.45, 2.75) is 0 Å². The second-order valence-corrected chi connectivity index (χ2v) is 36.7. The van der Waals surface area contributed by atoms with Crippen LogP contribution >= 0.6 is 0 Å². The molecule has 0 atom stereocenters. The summed E-state index contributed by atoms with van der Waals surface area (Å²) in [6.45, 7) is -0.482. The largest absolute Gasteiger partial charge is 0.455 e. The van der Waals surface area contributed by atoms with E-state index in [4.69, 9.17) is 29.3 Å². The first-order chi connectivity index (χ1) is 69.5. The minimum absolute atomic E-state index is 0.0618. The number of para-hydroxylation sites is 11. The summed E-state index contributed by atoms with van der Waals surface area (Å²) in [5.41, 5.74) is 41.7. The minimum Gasteiger partial charge on any atom is -0.455 e. The molecule has 0 amide bonds.